The van der Waals surface area contributed by atoms with Crippen LogP contribution >= 0.6 is 0 Å². The first-order valence-corrected chi connectivity index (χ1v) is 19.4. The minimum atomic E-state index is -0.554. The molecule has 3 heteroatoms. The molecule has 260 valence electrons. The van der Waals surface area contributed by atoms with Gasteiger partial charge in [0.05, 0.1) is 27.5 Å². The summed E-state index contributed by atoms with van der Waals surface area (Å²) in [6, 6.07) is 71.3. The smallest absolute Gasteiger partial charge is 0.137 e. The van der Waals surface area contributed by atoms with Gasteiger partial charge < -0.3 is 13.9 Å². The van der Waals surface area contributed by atoms with Crippen molar-refractivity contribution in [2.45, 2.75) is 5.41 Å². The monoisotopic (exact) mass is 712 g/mol. The second-order valence-electron chi connectivity index (χ2n) is 15.2. The molecule has 0 saturated carbocycles. The molecule has 0 atom stereocenters. The molecule has 11 aromatic rings. The summed E-state index contributed by atoms with van der Waals surface area (Å²) in [7, 11) is 0. The zero-order chi connectivity index (χ0) is 36.5. The highest BCUT2D eigenvalue weighted by Gasteiger charge is 2.50. The molecule has 2 heterocycles. The van der Waals surface area contributed by atoms with Crippen LogP contribution in [0, 0.1) is 0 Å². The number of rotatable bonds is 4. The molecule has 0 saturated heterocycles. The summed E-state index contributed by atoms with van der Waals surface area (Å²) in [5.74, 6) is 0. The van der Waals surface area contributed by atoms with Crippen LogP contribution < -0.4 is 4.90 Å². The fraction of sp³-hybridized carbons (Fsp3) is 0.0189. The average Bonchev–Trinajstić information content (AvgIpc) is 3.91. The van der Waals surface area contributed by atoms with Gasteiger partial charge in [-0.3, -0.25) is 0 Å². The van der Waals surface area contributed by atoms with Gasteiger partial charge in [0, 0.05) is 33.2 Å². The van der Waals surface area contributed by atoms with E-state index in [1.807, 2.05) is 6.07 Å². The Morgan fingerprint density at radius 2 is 1.05 bits per heavy atom. The predicted octanol–water partition coefficient (Wildman–Crippen LogP) is 14.0. The molecule has 1 spiro atoms. The van der Waals surface area contributed by atoms with Crippen LogP contribution in [0.4, 0.5) is 17.1 Å². The normalized spacial score (nSPS) is 13.5. The lowest BCUT2D eigenvalue weighted by Crippen LogP contribution is -2.31. The number of para-hydroxylation sites is 3. The zero-order valence-corrected chi connectivity index (χ0v) is 30.3. The number of aromatic nitrogens is 1. The van der Waals surface area contributed by atoms with Gasteiger partial charge in [0.2, 0.25) is 0 Å². The molecule has 2 aliphatic carbocycles. The molecule has 2 aliphatic rings. The molecule has 9 aromatic carbocycles. The first-order valence-electron chi connectivity index (χ1n) is 19.4. The lowest BCUT2D eigenvalue weighted by Gasteiger charge is -2.39. The molecule has 0 aliphatic heterocycles. The third kappa shape index (κ3) is 3.67. The van der Waals surface area contributed by atoms with Crippen molar-refractivity contribution in [2.75, 3.05) is 4.90 Å². The summed E-state index contributed by atoms with van der Waals surface area (Å²) >= 11 is 0. The van der Waals surface area contributed by atoms with Crippen molar-refractivity contribution in [2.24, 2.45) is 0 Å². The zero-order valence-electron chi connectivity index (χ0n) is 30.3. The van der Waals surface area contributed by atoms with Crippen LogP contribution in [-0.4, -0.2) is 4.57 Å². The molecule has 0 bridgehead atoms. The first-order chi connectivity index (χ1) is 27.8. The standard InChI is InChI=1S/C53H32N2O/c1-3-15-34(16-4-1)54(44-26-14-28-48-50(44)39-21-9-12-27-47(39)56-48)36-31-33-29-30-46-52-49(33)43(32-36)53(40-22-10-7-19-37(40)38-20-8-11-23-41(38)53)42-24-13-25-45(51(42)52)55(46)35-17-5-2-6-18-35/h1-32H. The molecule has 2 aromatic heterocycles. The van der Waals surface area contributed by atoms with Crippen molar-refractivity contribution >= 4 is 71.6 Å². The largest absolute Gasteiger partial charge is 0.456 e. The quantitative estimate of drug-likeness (QED) is 0.181. The number of fused-ring (bicyclic) bond motifs is 10. The Hall–Kier alpha value is -7.36. The van der Waals surface area contributed by atoms with E-state index in [9.17, 15) is 0 Å². The highest BCUT2D eigenvalue weighted by atomic mass is 16.3. The lowest BCUT2D eigenvalue weighted by atomic mass is 9.63. The average molecular weight is 713 g/mol. The Bertz CT molecular complexity index is 3380. The minimum Gasteiger partial charge on any atom is -0.456 e. The molecular weight excluding hydrogens is 681 g/mol. The molecule has 3 nitrogen and oxygen atoms in total. The van der Waals surface area contributed by atoms with Crippen LogP contribution in [0.3, 0.4) is 0 Å². The molecule has 0 N–H and O–H groups in total. The highest BCUT2D eigenvalue weighted by molar-refractivity contribution is 6.27. The van der Waals surface area contributed by atoms with Crippen LogP contribution in [-0.2, 0) is 5.41 Å². The van der Waals surface area contributed by atoms with Crippen molar-refractivity contribution in [1.29, 1.82) is 0 Å². The highest BCUT2D eigenvalue weighted by Crippen LogP contribution is 2.63. The summed E-state index contributed by atoms with van der Waals surface area (Å²) in [6.07, 6.45) is 0. The van der Waals surface area contributed by atoms with Gasteiger partial charge in [-0.1, -0.05) is 127 Å². The maximum atomic E-state index is 6.48. The Kier molecular flexibility index (Phi) is 5.83. The fourth-order valence-electron chi connectivity index (χ4n) is 10.5. The maximum absolute atomic E-state index is 6.48. The van der Waals surface area contributed by atoms with Gasteiger partial charge >= 0.3 is 0 Å². The van der Waals surface area contributed by atoms with Crippen molar-refractivity contribution in [3.05, 3.63) is 216 Å². The van der Waals surface area contributed by atoms with E-state index in [1.165, 1.54) is 71.6 Å². The van der Waals surface area contributed by atoms with E-state index in [2.05, 4.69) is 198 Å². The molecule has 56 heavy (non-hydrogen) atoms. The molecular formula is C53H32N2O. The van der Waals surface area contributed by atoms with Crippen LogP contribution in [0.15, 0.2) is 199 Å². The fourth-order valence-corrected chi connectivity index (χ4v) is 10.5. The van der Waals surface area contributed by atoms with Crippen LogP contribution in [0.5, 0.6) is 0 Å². The van der Waals surface area contributed by atoms with Crippen LogP contribution in [0.25, 0.3) is 71.3 Å². The Balaban J connectivity index is 1.23. The van der Waals surface area contributed by atoms with Crippen molar-refractivity contribution in [3.8, 4) is 16.8 Å². The number of anilines is 3. The SMILES string of the molecule is c1ccc(N(c2cc3c4c(ccc5c4c4c(cccc4n5-c4ccccc4)C34c3ccccc3-c3ccccc34)c2)c2cccc3oc4ccccc4c23)cc1. The van der Waals surface area contributed by atoms with E-state index in [-0.39, 0.29) is 0 Å². The molecule has 0 unspecified atom stereocenters. The van der Waals surface area contributed by atoms with Gasteiger partial charge in [-0.25, -0.2) is 0 Å². The third-order valence-corrected chi connectivity index (χ3v) is 12.5. The second kappa shape index (κ2) is 10.9. The van der Waals surface area contributed by atoms with Gasteiger partial charge in [-0.15, -0.1) is 0 Å². The second-order valence-corrected chi connectivity index (χ2v) is 15.2. The predicted molar refractivity (Wildman–Crippen MR) is 231 cm³/mol. The first kappa shape index (κ1) is 30.0. The summed E-state index contributed by atoms with van der Waals surface area (Å²) in [6.45, 7) is 0. The lowest BCUT2D eigenvalue weighted by molar-refractivity contribution is 0.669. The molecule has 0 radical (unpaired) electrons. The number of hydrogen-bond acceptors (Lipinski definition) is 2. The van der Waals surface area contributed by atoms with Gasteiger partial charge in [-0.05, 0) is 111 Å². The van der Waals surface area contributed by atoms with Gasteiger partial charge in [0.1, 0.15) is 11.2 Å². The number of furan rings is 1. The minimum absolute atomic E-state index is 0.554. The summed E-state index contributed by atoms with van der Waals surface area (Å²) in [5.41, 5.74) is 16.0. The van der Waals surface area contributed by atoms with Crippen molar-refractivity contribution < 1.29 is 4.42 Å². The van der Waals surface area contributed by atoms with E-state index in [0.717, 1.165) is 39.0 Å². The summed E-state index contributed by atoms with van der Waals surface area (Å²) < 4.78 is 8.95. The van der Waals surface area contributed by atoms with E-state index in [4.69, 9.17) is 4.42 Å². The maximum Gasteiger partial charge on any atom is 0.137 e. The number of benzene rings is 9. The molecule has 0 fully saturated rings. The van der Waals surface area contributed by atoms with Crippen LogP contribution in [0.2, 0.25) is 0 Å². The Morgan fingerprint density at radius 3 is 1.86 bits per heavy atom. The van der Waals surface area contributed by atoms with E-state index in [0.29, 0.717) is 0 Å². The number of nitrogens with zero attached hydrogens (tertiary/aromatic N) is 2. The van der Waals surface area contributed by atoms with Gasteiger partial charge in [-0.2, -0.15) is 0 Å². The Labute approximate surface area is 322 Å². The van der Waals surface area contributed by atoms with Crippen molar-refractivity contribution in [3.63, 3.8) is 0 Å². The summed E-state index contributed by atoms with van der Waals surface area (Å²) in [4.78, 5) is 2.44. The summed E-state index contributed by atoms with van der Waals surface area (Å²) in [5, 5.41) is 7.40. The molecule has 13 rings (SSSR count). The molecule has 0 amide bonds. The van der Waals surface area contributed by atoms with E-state index in [1.54, 1.807) is 0 Å². The van der Waals surface area contributed by atoms with E-state index < -0.39 is 5.41 Å². The third-order valence-electron chi connectivity index (χ3n) is 12.5. The van der Waals surface area contributed by atoms with Crippen LogP contribution in [0.1, 0.15) is 22.3 Å². The number of hydrogen-bond donors (Lipinski definition) is 0. The van der Waals surface area contributed by atoms with Crippen molar-refractivity contribution in [1.82, 2.24) is 4.57 Å². The van der Waals surface area contributed by atoms with E-state index >= 15 is 0 Å². The van der Waals surface area contributed by atoms with Gasteiger partial charge in [0.15, 0.2) is 0 Å². The van der Waals surface area contributed by atoms with Gasteiger partial charge in [0.25, 0.3) is 0 Å². The topological polar surface area (TPSA) is 21.3 Å². The Morgan fingerprint density at radius 1 is 0.411 bits per heavy atom.